The molecule has 3 aromatic carbocycles. The minimum Gasteiger partial charge on any atom is -0.494 e. The summed E-state index contributed by atoms with van der Waals surface area (Å²) in [6, 6.07) is 21.9. The number of hydrogen-bond donors (Lipinski definition) is 3. The van der Waals surface area contributed by atoms with Crippen LogP contribution in [-0.4, -0.2) is 143 Å². The lowest BCUT2D eigenvalue weighted by molar-refractivity contribution is -0.137. The molecular formula is C53H65N11O9. The summed E-state index contributed by atoms with van der Waals surface area (Å²) in [6.07, 6.45) is 7.98. The van der Waals surface area contributed by atoms with Gasteiger partial charge in [0.2, 0.25) is 17.7 Å². The van der Waals surface area contributed by atoms with Gasteiger partial charge < -0.3 is 48.8 Å². The topological polar surface area (TPSA) is 225 Å². The number of piperazine rings is 1. The number of piperidine rings is 1. The number of unbranched alkanes of at least 4 members (excludes halogenated alkanes) is 3. The Balaban J connectivity index is 0.600. The number of aromatic nitrogens is 5. The first kappa shape index (κ1) is 52.0. The molecule has 73 heavy (non-hydrogen) atoms. The number of ether oxygens (including phenoxy) is 4. The van der Waals surface area contributed by atoms with Gasteiger partial charge in [-0.15, -0.1) is 10.2 Å². The molecule has 0 radical (unpaired) electrons. The number of rotatable bonds is 26. The van der Waals surface area contributed by atoms with Gasteiger partial charge in [-0.3, -0.25) is 29.3 Å². The Morgan fingerprint density at radius 1 is 0.822 bits per heavy atom. The highest BCUT2D eigenvalue weighted by atomic mass is 16.5. The predicted molar refractivity (Wildman–Crippen MR) is 270 cm³/mol. The molecule has 20 nitrogen and oxygen atoms in total. The van der Waals surface area contributed by atoms with Crippen molar-refractivity contribution in [2.24, 2.45) is 7.05 Å². The third-order valence-corrected chi connectivity index (χ3v) is 13.2. The van der Waals surface area contributed by atoms with Crippen LogP contribution in [0.2, 0.25) is 0 Å². The van der Waals surface area contributed by atoms with Gasteiger partial charge in [0.05, 0.1) is 58.6 Å². The summed E-state index contributed by atoms with van der Waals surface area (Å²) >= 11 is 0. The van der Waals surface area contributed by atoms with Crippen molar-refractivity contribution >= 4 is 40.9 Å². The number of amides is 5. The van der Waals surface area contributed by atoms with Gasteiger partial charge in [0.25, 0.3) is 11.8 Å². The van der Waals surface area contributed by atoms with Gasteiger partial charge in [0.1, 0.15) is 23.8 Å². The van der Waals surface area contributed by atoms with Gasteiger partial charge in [-0.1, -0.05) is 24.6 Å². The van der Waals surface area contributed by atoms with E-state index in [1.807, 2.05) is 84.1 Å². The van der Waals surface area contributed by atoms with E-state index in [1.165, 1.54) is 6.33 Å². The smallest absolute Gasteiger partial charge is 0.255 e. The van der Waals surface area contributed by atoms with Crippen LogP contribution in [-0.2, 0) is 48.7 Å². The van der Waals surface area contributed by atoms with Gasteiger partial charge in [-0.25, -0.2) is 9.97 Å². The molecule has 2 fully saturated rings. The largest absolute Gasteiger partial charge is 0.494 e. The maximum Gasteiger partial charge on any atom is 0.255 e. The molecule has 3 aliphatic rings. The first-order valence-corrected chi connectivity index (χ1v) is 25.2. The van der Waals surface area contributed by atoms with Gasteiger partial charge in [0.15, 0.2) is 11.6 Å². The van der Waals surface area contributed by atoms with E-state index in [4.69, 9.17) is 18.9 Å². The minimum atomic E-state index is -0.641. The number of anilines is 2. The van der Waals surface area contributed by atoms with Crippen LogP contribution in [0.5, 0.6) is 5.75 Å². The molecule has 0 saturated carbocycles. The number of carbonyl (C=O) groups is 5. The Morgan fingerprint density at radius 2 is 1.58 bits per heavy atom. The second-order valence-corrected chi connectivity index (χ2v) is 18.3. The number of fused-ring (bicyclic) bond motifs is 1. The first-order valence-electron chi connectivity index (χ1n) is 25.2. The molecule has 8 rings (SSSR count). The van der Waals surface area contributed by atoms with Gasteiger partial charge in [-0.2, -0.15) is 0 Å². The van der Waals surface area contributed by atoms with Crippen molar-refractivity contribution in [2.45, 2.75) is 77.0 Å². The summed E-state index contributed by atoms with van der Waals surface area (Å²) in [5, 5.41) is 17.3. The Bertz CT molecular complexity index is 2660. The fraction of sp³-hybridized carbons (Fsp3) is 0.453. The molecule has 5 heterocycles. The van der Waals surface area contributed by atoms with E-state index in [2.05, 4.69) is 41.0 Å². The van der Waals surface area contributed by atoms with E-state index in [0.29, 0.717) is 121 Å². The van der Waals surface area contributed by atoms with E-state index < -0.39 is 11.9 Å². The van der Waals surface area contributed by atoms with E-state index in [1.54, 1.807) is 23.2 Å². The quantitative estimate of drug-likeness (QED) is 0.0497. The molecule has 3 aliphatic heterocycles. The number of carbonyl (C=O) groups excluding carboxylic acids is 5. The van der Waals surface area contributed by atoms with Crippen LogP contribution in [0.3, 0.4) is 0 Å². The molecule has 0 bridgehead atoms. The SMILES string of the molecule is C[C@@H](NC(=O)c1cccc(NCc2nnc(-c3ccncn3)n2C)c1)c1ccc(OCCCCCCOCCOCCOCCC(=O)N2CCN(c3ccc4c(c3)CN(C3CCC(=O)NC3=O)C4=O)CC2)cc1. The molecule has 2 atom stereocenters. The van der Waals surface area contributed by atoms with Crippen molar-refractivity contribution in [1.29, 1.82) is 0 Å². The number of hydrogen-bond acceptors (Lipinski definition) is 15. The van der Waals surface area contributed by atoms with Crippen LogP contribution in [0.1, 0.15) is 95.6 Å². The zero-order valence-corrected chi connectivity index (χ0v) is 41.6. The van der Waals surface area contributed by atoms with Gasteiger partial charge >= 0.3 is 0 Å². The van der Waals surface area contributed by atoms with E-state index in [-0.39, 0.29) is 36.1 Å². The number of nitrogens with zero attached hydrogens (tertiary/aromatic N) is 8. The molecule has 0 aliphatic carbocycles. The van der Waals surface area contributed by atoms with Crippen LogP contribution < -0.4 is 25.6 Å². The summed E-state index contributed by atoms with van der Waals surface area (Å²) < 4.78 is 24.9. The fourth-order valence-corrected chi connectivity index (χ4v) is 9.01. The average Bonchev–Trinajstić information content (AvgIpc) is 3.95. The van der Waals surface area contributed by atoms with Crippen molar-refractivity contribution in [2.75, 3.05) is 82.6 Å². The lowest BCUT2D eigenvalue weighted by atomic mass is 10.0. The molecule has 5 amide bonds. The summed E-state index contributed by atoms with van der Waals surface area (Å²) in [6.45, 7) is 8.70. The highest BCUT2D eigenvalue weighted by Gasteiger charge is 2.39. The summed E-state index contributed by atoms with van der Waals surface area (Å²) in [5.74, 6) is 1.13. The van der Waals surface area contributed by atoms with Crippen LogP contribution in [0.15, 0.2) is 85.3 Å². The lowest BCUT2D eigenvalue weighted by Crippen LogP contribution is -2.52. The maximum absolute atomic E-state index is 13.2. The van der Waals surface area contributed by atoms with E-state index in [0.717, 1.165) is 59.8 Å². The highest BCUT2D eigenvalue weighted by Crippen LogP contribution is 2.31. The van der Waals surface area contributed by atoms with Crippen molar-refractivity contribution in [1.82, 2.24) is 45.2 Å². The summed E-state index contributed by atoms with van der Waals surface area (Å²) in [4.78, 5) is 77.0. The second-order valence-electron chi connectivity index (χ2n) is 18.3. The summed E-state index contributed by atoms with van der Waals surface area (Å²) in [5.41, 5.74) is 5.43. The van der Waals surface area contributed by atoms with Crippen molar-refractivity contribution in [3.63, 3.8) is 0 Å². The number of imide groups is 1. The van der Waals surface area contributed by atoms with Crippen LogP contribution >= 0.6 is 0 Å². The molecule has 386 valence electrons. The minimum absolute atomic E-state index is 0.0576. The molecule has 3 N–H and O–H groups in total. The third-order valence-electron chi connectivity index (χ3n) is 13.2. The Hall–Kier alpha value is -7.29. The van der Waals surface area contributed by atoms with Gasteiger partial charge in [0, 0.05) is 81.5 Å². The van der Waals surface area contributed by atoms with Crippen molar-refractivity contribution in [3.05, 3.63) is 113 Å². The Kier molecular flexibility index (Phi) is 18.5. The average molecular weight is 1000 g/mol. The highest BCUT2D eigenvalue weighted by molar-refractivity contribution is 6.05. The molecule has 5 aromatic rings. The molecule has 20 heteroatoms. The monoisotopic (exact) mass is 999 g/mol. The van der Waals surface area contributed by atoms with Crippen LogP contribution in [0.25, 0.3) is 11.5 Å². The maximum atomic E-state index is 13.2. The number of nitrogens with one attached hydrogen (secondary N) is 3. The Labute approximate surface area is 425 Å². The zero-order valence-electron chi connectivity index (χ0n) is 41.6. The molecule has 1 unspecified atom stereocenters. The molecule has 2 saturated heterocycles. The predicted octanol–water partition coefficient (Wildman–Crippen LogP) is 4.86. The van der Waals surface area contributed by atoms with E-state index in [9.17, 15) is 24.0 Å². The second kappa shape index (κ2) is 25.9. The molecular weight excluding hydrogens is 935 g/mol. The molecule has 0 spiro atoms. The normalized spacial score (nSPS) is 16.1. The third kappa shape index (κ3) is 14.2. The fourth-order valence-electron chi connectivity index (χ4n) is 9.01. The zero-order chi connectivity index (χ0) is 50.9. The molecule has 2 aromatic heterocycles. The van der Waals surface area contributed by atoms with Crippen LogP contribution in [0.4, 0.5) is 11.4 Å². The van der Waals surface area contributed by atoms with E-state index >= 15 is 0 Å². The van der Waals surface area contributed by atoms with Gasteiger partial charge in [-0.05, 0) is 98.3 Å². The van der Waals surface area contributed by atoms with Crippen LogP contribution in [0, 0.1) is 0 Å². The Morgan fingerprint density at radius 3 is 2.33 bits per heavy atom. The van der Waals surface area contributed by atoms with Crippen molar-refractivity contribution in [3.8, 4) is 17.3 Å². The number of benzene rings is 3. The lowest BCUT2D eigenvalue weighted by Gasteiger charge is -2.36. The first-order chi connectivity index (χ1) is 35.6. The standard InChI is InChI=1S/C53H65N11O9/c1-37(57-51(67)39-8-7-9-41(32-39)55-34-47-59-60-50(61(47)2)45-18-20-54-36-56-45)38-10-13-43(14-11-38)73-26-6-4-3-5-25-70-28-30-72-31-29-71-27-19-49(66)63-23-21-62(22-24-63)42-12-15-44-40(33-42)35-64(53(44)69)46-16-17-48(65)58-52(46)68/h7-15,18,20,32-33,36-37,46,55H,3-6,16-17,19,21-31,34-35H2,1-2H3,(H,57,67)(H,58,65,68)/t37-,46?/m1/s1. The summed E-state index contributed by atoms with van der Waals surface area (Å²) in [7, 11) is 1.88. The van der Waals surface area contributed by atoms with Crippen molar-refractivity contribution < 1.29 is 42.9 Å².